The Kier molecular flexibility index (Phi) is 7.17. The van der Waals surface area contributed by atoms with Gasteiger partial charge in [0.1, 0.15) is 0 Å². The Labute approximate surface area is 205 Å². The van der Waals surface area contributed by atoms with E-state index in [0.29, 0.717) is 27.1 Å². The van der Waals surface area contributed by atoms with Gasteiger partial charge in [0.15, 0.2) is 11.0 Å². The quantitative estimate of drug-likeness (QED) is 0.188. The number of carbonyl (C=O) groups is 1. The zero-order valence-electron chi connectivity index (χ0n) is 17.7. The number of thiophene rings is 1. The van der Waals surface area contributed by atoms with Crippen molar-refractivity contribution in [2.24, 2.45) is 0 Å². The Morgan fingerprint density at radius 1 is 1.11 bits per heavy atom. The average Bonchev–Trinajstić information content (AvgIpc) is 3.51. The zero-order valence-corrected chi connectivity index (χ0v) is 19.4. The van der Waals surface area contributed by atoms with Crippen LogP contribution in [-0.4, -0.2) is 25.6 Å². The summed E-state index contributed by atoms with van der Waals surface area (Å²) in [7, 11) is 0. The lowest BCUT2D eigenvalue weighted by Gasteiger charge is -2.11. The number of hydrogen-bond donors (Lipinski definition) is 1. The van der Waals surface area contributed by atoms with Crippen molar-refractivity contribution in [2.45, 2.75) is 23.6 Å². The molecule has 0 fully saturated rings. The number of benzene rings is 2. The van der Waals surface area contributed by atoms with Gasteiger partial charge in [-0.3, -0.25) is 19.5 Å². The lowest BCUT2D eigenvalue weighted by atomic mass is 10.1. The molecule has 13 heteroatoms. The molecule has 0 bridgehead atoms. The molecule has 1 amide bonds. The van der Waals surface area contributed by atoms with Crippen LogP contribution in [0, 0.1) is 10.1 Å². The Morgan fingerprint density at radius 2 is 1.89 bits per heavy atom. The number of alkyl halides is 3. The van der Waals surface area contributed by atoms with Gasteiger partial charge in [0.2, 0.25) is 0 Å². The number of aromatic nitrogens is 3. The third-order valence-electron chi connectivity index (χ3n) is 4.79. The van der Waals surface area contributed by atoms with E-state index < -0.39 is 16.7 Å². The van der Waals surface area contributed by atoms with Gasteiger partial charge >= 0.3 is 6.18 Å². The van der Waals surface area contributed by atoms with Gasteiger partial charge in [0.25, 0.3) is 11.6 Å². The molecule has 0 unspecified atom stereocenters. The second-order valence-electron chi connectivity index (χ2n) is 7.15. The first kappa shape index (κ1) is 24.4. The van der Waals surface area contributed by atoms with Gasteiger partial charge in [-0.15, -0.1) is 21.5 Å². The molecule has 0 atom stereocenters. The number of nitrogens with one attached hydrogen (secondary N) is 1. The fraction of sp³-hybridized carbons (Fsp3) is 0.136. The molecule has 2 aromatic heterocycles. The lowest BCUT2D eigenvalue weighted by Crippen LogP contribution is -2.23. The summed E-state index contributed by atoms with van der Waals surface area (Å²) in [5.74, 6) is 0.239. The number of nitrogens with zero attached hydrogens (tertiary/aromatic N) is 4. The van der Waals surface area contributed by atoms with Crippen molar-refractivity contribution >= 4 is 34.7 Å². The molecular weight excluding hydrogens is 503 g/mol. The van der Waals surface area contributed by atoms with Crippen molar-refractivity contribution < 1.29 is 22.9 Å². The van der Waals surface area contributed by atoms with Crippen LogP contribution < -0.4 is 5.32 Å². The molecule has 2 aromatic carbocycles. The van der Waals surface area contributed by atoms with Gasteiger partial charge in [-0.1, -0.05) is 36.0 Å². The highest BCUT2D eigenvalue weighted by atomic mass is 32.2. The van der Waals surface area contributed by atoms with Crippen molar-refractivity contribution in [3.8, 4) is 5.69 Å². The summed E-state index contributed by atoms with van der Waals surface area (Å²) in [5.41, 5.74) is 0.0973. The van der Waals surface area contributed by atoms with Gasteiger partial charge in [0, 0.05) is 23.6 Å². The van der Waals surface area contributed by atoms with Crippen LogP contribution in [0.3, 0.4) is 0 Å². The van der Waals surface area contributed by atoms with E-state index in [9.17, 15) is 28.1 Å². The van der Waals surface area contributed by atoms with Crippen LogP contribution in [0.4, 0.5) is 18.9 Å². The molecule has 0 radical (unpaired) electrons. The topological polar surface area (TPSA) is 103 Å². The molecule has 2 heterocycles. The van der Waals surface area contributed by atoms with Crippen LogP contribution in [0.25, 0.3) is 5.69 Å². The van der Waals surface area contributed by atoms with Crippen molar-refractivity contribution in [1.29, 1.82) is 0 Å². The molecular formula is C22H16F3N5O3S2. The third kappa shape index (κ3) is 5.87. The van der Waals surface area contributed by atoms with E-state index in [0.717, 1.165) is 23.9 Å². The Morgan fingerprint density at radius 3 is 2.54 bits per heavy atom. The van der Waals surface area contributed by atoms with Crippen LogP contribution in [-0.2, 0) is 18.5 Å². The molecule has 8 nitrogen and oxygen atoms in total. The molecule has 0 aliphatic rings. The fourth-order valence-electron chi connectivity index (χ4n) is 3.13. The Balaban J connectivity index is 1.60. The molecule has 0 saturated carbocycles. The van der Waals surface area contributed by atoms with Crippen molar-refractivity contribution in [3.63, 3.8) is 0 Å². The largest absolute Gasteiger partial charge is 0.416 e. The normalized spacial score (nSPS) is 11.4. The standard InChI is InChI=1S/C22H16F3N5O3S2/c23-22(24,25)15-4-1-3-14(11-15)13-35-21-28-27-19(12-26-20(31)18-5-2-10-34-18)29(21)16-6-8-17(9-7-16)30(32)33/h1-11H,12-13H2,(H,26,31). The van der Waals surface area contributed by atoms with Crippen molar-refractivity contribution in [1.82, 2.24) is 20.1 Å². The molecule has 0 saturated heterocycles. The SMILES string of the molecule is O=C(NCc1nnc(SCc2cccc(C(F)(F)F)c2)n1-c1ccc([N+](=O)[O-])cc1)c1cccs1. The van der Waals surface area contributed by atoms with Gasteiger partial charge in [-0.25, -0.2) is 0 Å². The lowest BCUT2D eigenvalue weighted by molar-refractivity contribution is -0.384. The maximum absolute atomic E-state index is 13.0. The highest BCUT2D eigenvalue weighted by molar-refractivity contribution is 7.98. The monoisotopic (exact) mass is 519 g/mol. The van der Waals surface area contributed by atoms with Crippen LogP contribution >= 0.6 is 23.1 Å². The molecule has 35 heavy (non-hydrogen) atoms. The number of nitro groups is 1. The second kappa shape index (κ2) is 10.3. The number of rotatable bonds is 8. The van der Waals surface area contributed by atoms with E-state index >= 15 is 0 Å². The smallest absolute Gasteiger partial charge is 0.344 e. The molecule has 0 spiro atoms. The summed E-state index contributed by atoms with van der Waals surface area (Å²) in [5, 5.41) is 24.2. The minimum Gasteiger partial charge on any atom is -0.344 e. The summed E-state index contributed by atoms with van der Waals surface area (Å²) in [6, 6.07) is 14.1. The zero-order chi connectivity index (χ0) is 25.0. The maximum Gasteiger partial charge on any atom is 0.416 e. The van der Waals surface area contributed by atoms with Crippen LogP contribution in [0.15, 0.2) is 71.2 Å². The van der Waals surface area contributed by atoms with Crippen LogP contribution in [0.1, 0.15) is 26.6 Å². The highest BCUT2D eigenvalue weighted by Gasteiger charge is 2.30. The number of non-ortho nitro benzene ring substituents is 1. The maximum atomic E-state index is 13.0. The minimum atomic E-state index is -4.45. The number of nitro benzene ring substituents is 1. The van der Waals surface area contributed by atoms with E-state index in [4.69, 9.17) is 0 Å². The van der Waals surface area contributed by atoms with Gasteiger partial charge in [-0.2, -0.15) is 13.2 Å². The van der Waals surface area contributed by atoms with Crippen molar-refractivity contribution in [3.05, 3.63) is 98.0 Å². The highest BCUT2D eigenvalue weighted by Crippen LogP contribution is 2.32. The summed E-state index contributed by atoms with van der Waals surface area (Å²) >= 11 is 2.44. The van der Waals surface area contributed by atoms with E-state index in [1.807, 2.05) is 0 Å². The third-order valence-corrected chi connectivity index (χ3v) is 6.66. The first-order chi connectivity index (χ1) is 16.7. The molecule has 1 N–H and O–H groups in total. The van der Waals surface area contributed by atoms with Gasteiger partial charge < -0.3 is 5.32 Å². The molecule has 0 aliphatic heterocycles. The van der Waals surface area contributed by atoms with E-state index in [1.54, 1.807) is 28.1 Å². The number of hydrogen-bond acceptors (Lipinski definition) is 7. The number of halogens is 3. The molecule has 180 valence electrons. The fourth-order valence-corrected chi connectivity index (χ4v) is 4.68. The summed E-state index contributed by atoms with van der Waals surface area (Å²) in [6.07, 6.45) is -4.45. The molecule has 4 rings (SSSR count). The predicted octanol–water partition coefficient (Wildman–Crippen LogP) is 5.48. The van der Waals surface area contributed by atoms with E-state index in [1.165, 1.54) is 41.7 Å². The first-order valence-electron chi connectivity index (χ1n) is 10.0. The van der Waals surface area contributed by atoms with Gasteiger partial charge in [-0.05, 0) is 35.2 Å². The second-order valence-corrected chi connectivity index (χ2v) is 9.04. The van der Waals surface area contributed by atoms with Crippen molar-refractivity contribution in [2.75, 3.05) is 0 Å². The van der Waals surface area contributed by atoms with E-state index in [-0.39, 0.29) is 23.9 Å². The average molecular weight is 520 g/mol. The Bertz CT molecular complexity index is 1340. The molecule has 0 aliphatic carbocycles. The number of carbonyl (C=O) groups excluding carboxylic acids is 1. The van der Waals surface area contributed by atoms with Crippen LogP contribution in [0.5, 0.6) is 0 Å². The summed E-state index contributed by atoms with van der Waals surface area (Å²) in [6.45, 7) is 0.0187. The summed E-state index contributed by atoms with van der Waals surface area (Å²) in [4.78, 5) is 23.4. The Hall–Kier alpha value is -3.71. The minimum absolute atomic E-state index is 0.0187. The molecule has 4 aromatic rings. The number of thioether (sulfide) groups is 1. The summed E-state index contributed by atoms with van der Waals surface area (Å²) < 4.78 is 40.7. The predicted molar refractivity (Wildman–Crippen MR) is 125 cm³/mol. The van der Waals surface area contributed by atoms with Gasteiger partial charge in [0.05, 0.1) is 21.9 Å². The van der Waals surface area contributed by atoms with E-state index in [2.05, 4.69) is 15.5 Å². The number of amides is 1. The first-order valence-corrected chi connectivity index (χ1v) is 11.9. The van der Waals surface area contributed by atoms with Crippen LogP contribution in [0.2, 0.25) is 0 Å².